The molecule has 33 heavy (non-hydrogen) atoms. The Labute approximate surface area is 194 Å². The normalized spacial score (nSPS) is 14.3. The fraction of sp³-hybridized carbons (Fsp3) is 0.346. The lowest BCUT2D eigenvalue weighted by Crippen LogP contribution is -2.44. The number of rotatable bonds is 8. The smallest absolute Gasteiger partial charge is 0.165 e. The molecule has 7 heteroatoms. The standard InChI is InChI=1S/C26H29FN4O2/c1-30-9-11-31(12-10-30)23-6-3-19(4-7-23)13-21-16-22(29-18-28-21)17-24(32)14-20-5-8-25(27)26(15-20)33-2/h3-8,15-16,18H,9-14,17H2,1-2H3. The van der Waals surface area contributed by atoms with Gasteiger partial charge < -0.3 is 14.5 Å². The summed E-state index contributed by atoms with van der Waals surface area (Å²) in [5.41, 5.74) is 4.70. The van der Waals surface area contributed by atoms with Gasteiger partial charge in [-0.1, -0.05) is 18.2 Å². The summed E-state index contributed by atoms with van der Waals surface area (Å²) in [5.74, 6) is -0.293. The van der Waals surface area contributed by atoms with Crippen molar-refractivity contribution in [2.75, 3.05) is 45.2 Å². The van der Waals surface area contributed by atoms with Crippen LogP contribution in [0.4, 0.5) is 10.1 Å². The summed E-state index contributed by atoms with van der Waals surface area (Å²) in [5, 5.41) is 0. The first-order valence-corrected chi connectivity index (χ1v) is 11.2. The Morgan fingerprint density at radius 2 is 1.64 bits per heavy atom. The van der Waals surface area contributed by atoms with Crippen LogP contribution in [0.3, 0.4) is 0 Å². The van der Waals surface area contributed by atoms with E-state index in [1.54, 1.807) is 12.1 Å². The summed E-state index contributed by atoms with van der Waals surface area (Å²) < 4.78 is 18.6. The summed E-state index contributed by atoms with van der Waals surface area (Å²) in [4.78, 5) is 25.9. The lowest BCUT2D eigenvalue weighted by atomic mass is 10.0. The van der Waals surface area contributed by atoms with Crippen LogP contribution in [0.15, 0.2) is 54.9 Å². The Hall–Kier alpha value is -3.32. The zero-order valence-corrected chi connectivity index (χ0v) is 19.1. The van der Waals surface area contributed by atoms with Crippen LogP contribution < -0.4 is 9.64 Å². The van der Waals surface area contributed by atoms with Crippen LogP contribution in [0.1, 0.15) is 22.5 Å². The summed E-state index contributed by atoms with van der Waals surface area (Å²) in [7, 11) is 3.57. The van der Waals surface area contributed by atoms with E-state index in [2.05, 4.69) is 51.1 Å². The van der Waals surface area contributed by atoms with Gasteiger partial charge in [-0.05, 0) is 48.5 Å². The maximum Gasteiger partial charge on any atom is 0.165 e. The van der Waals surface area contributed by atoms with Gasteiger partial charge in [0.1, 0.15) is 12.1 Å². The number of methoxy groups -OCH3 is 1. The SMILES string of the molecule is COc1cc(CC(=O)Cc2cc(Cc3ccc(N4CCN(C)CC4)cc3)ncn2)ccc1F. The van der Waals surface area contributed by atoms with Gasteiger partial charge in [-0.2, -0.15) is 0 Å². The number of halogens is 1. The third-order valence-electron chi connectivity index (χ3n) is 5.97. The highest BCUT2D eigenvalue weighted by Crippen LogP contribution is 2.20. The minimum Gasteiger partial charge on any atom is -0.494 e. The lowest BCUT2D eigenvalue weighted by molar-refractivity contribution is -0.117. The molecule has 2 aromatic carbocycles. The van der Waals surface area contributed by atoms with Crippen molar-refractivity contribution in [1.29, 1.82) is 0 Å². The molecule has 4 rings (SSSR count). The van der Waals surface area contributed by atoms with Crippen LogP contribution in [-0.4, -0.2) is 61.0 Å². The lowest BCUT2D eigenvalue weighted by Gasteiger charge is -2.34. The van der Waals surface area contributed by atoms with E-state index < -0.39 is 5.82 Å². The average Bonchev–Trinajstić information content (AvgIpc) is 2.81. The second-order valence-corrected chi connectivity index (χ2v) is 8.50. The van der Waals surface area contributed by atoms with Crippen LogP contribution in [0.25, 0.3) is 0 Å². The summed E-state index contributed by atoms with van der Waals surface area (Å²) in [6.45, 7) is 4.26. The molecule has 1 fully saturated rings. The number of nitrogens with zero attached hydrogens (tertiary/aromatic N) is 4. The molecule has 1 aromatic heterocycles. The van der Waals surface area contributed by atoms with E-state index >= 15 is 0 Å². The second-order valence-electron chi connectivity index (χ2n) is 8.50. The van der Waals surface area contributed by atoms with Crippen molar-refractivity contribution in [2.45, 2.75) is 19.3 Å². The number of ketones is 1. The van der Waals surface area contributed by atoms with E-state index in [1.165, 1.54) is 30.8 Å². The van der Waals surface area contributed by atoms with Crippen molar-refractivity contribution >= 4 is 11.5 Å². The molecule has 2 heterocycles. The molecule has 0 bridgehead atoms. The van der Waals surface area contributed by atoms with Gasteiger partial charge in [0.05, 0.1) is 12.8 Å². The van der Waals surface area contributed by atoms with Gasteiger partial charge in [0.2, 0.25) is 0 Å². The molecule has 172 valence electrons. The number of piperazine rings is 1. The maximum atomic E-state index is 13.6. The number of carbonyl (C=O) groups is 1. The molecule has 1 saturated heterocycles. The number of aromatic nitrogens is 2. The highest BCUT2D eigenvalue weighted by atomic mass is 19.1. The van der Waals surface area contributed by atoms with Crippen molar-refractivity contribution < 1.29 is 13.9 Å². The zero-order chi connectivity index (χ0) is 23.2. The highest BCUT2D eigenvalue weighted by molar-refractivity contribution is 5.82. The molecule has 0 unspecified atom stereocenters. The Morgan fingerprint density at radius 1 is 0.939 bits per heavy atom. The van der Waals surface area contributed by atoms with Crippen LogP contribution in [0, 0.1) is 5.82 Å². The van der Waals surface area contributed by atoms with Gasteiger partial charge in [-0.3, -0.25) is 4.79 Å². The average molecular weight is 449 g/mol. The Morgan fingerprint density at radius 3 is 2.36 bits per heavy atom. The van der Waals surface area contributed by atoms with Crippen LogP contribution >= 0.6 is 0 Å². The van der Waals surface area contributed by atoms with Crippen molar-refractivity contribution in [2.24, 2.45) is 0 Å². The second kappa shape index (κ2) is 10.5. The highest BCUT2D eigenvalue weighted by Gasteiger charge is 2.14. The number of ether oxygens (including phenoxy) is 1. The molecule has 3 aromatic rings. The van der Waals surface area contributed by atoms with E-state index in [4.69, 9.17) is 4.74 Å². The molecule has 1 aliphatic heterocycles. The molecule has 6 nitrogen and oxygen atoms in total. The number of hydrogen-bond acceptors (Lipinski definition) is 6. The number of anilines is 1. The Kier molecular flexibility index (Phi) is 7.29. The van der Waals surface area contributed by atoms with E-state index in [9.17, 15) is 9.18 Å². The van der Waals surface area contributed by atoms with E-state index in [1.807, 2.05) is 6.07 Å². The molecule has 0 atom stereocenters. The first-order chi connectivity index (χ1) is 16.0. The summed E-state index contributed by atoms with van der Waals surface area (Å²) in [6, 6.07) is 15.0. The van der Waals surface area contributed by atoms with E-state index in [0.29, 0.717) is 17.7 Å². The van der Waals surface area contributed by atoms with Gasteiger partial charge in [0.25, 0.3) is 0 Å². The first kappa shape index (κ1) is 22.9. The van der Waals surface area contributed by atoms with Crippen molar-refractivity contribution in [3.8, 4) is 5.75 Å². The third kappa shape index (κ3) is 6.14. The van der Waals surface area contributed by atoms with Gasteiger partial charge in [0.15, 0.2) is 11.6 Å². The Bertz CT molecular complexity index is 1100. The fourth-order valence-electron chi connectivity index (χ4n) is 4.04. The zero-order valence-electron chi connectivity index (χ0n) is 19.1. The van der Waals surface area contributed by atoms with Crippen molar-refractivity contribution in [3.05, 3.63) is 83.2 Å². The molecule has 0 saturated carbocycles. The van der Waals surface area contributed by atoms with Crippen molar-refractivity contribution in [3.63, 3.8) is 0 Å². The number of likely N-dealkylation sites (N-methyl/N-ethyl adjacent to an activating group) is 1. The summed E-state index contributed by atoms with van der Waals surface area (Å²) in [6.07, 6.45) is 2.60. The topological polar surface area (TPSA) is 58.6 Å². The number of benzene rings is 2. The molecule has 0 radical (unpaired) electrons. The van der Waals surface area contributed by atoms with E-state index in [-0.39, 0.29) is 24.4 Å². The molecule has 0 aliphatic carbocycles. The summed E-state index contributed by atoms with van der Waals surface area (Å²) >= 11 is 0. The van der Waals surface area contributed by atoms with Gasteiger partial charge in [-0.25, -0.2) is 14.4 Å². The predicted molar refractivity (Wildman–Crippen MR) is 126 cm³/mol. The third-order valence-corrected chi connectivity index (χ3v) is 5.97. The van der Waals surface area contributed by atoms with Crippen LogP contribution in [-0.2, 0) is 24.1 Å². The largest absolute Gasteiger partial charge is 0.494 e. The van der Waals surface area contributed by atoms with Gasteiger partial charge in [-0.15, -0.1) is 0 Å². The van der Waals surface area contributed by atoms with Crippen LogP contribution in [0.5, 0.6) is 5.75 Å². The van der Waals surface area contributed by atoms with Crippen molar-refractivity contribution in [1.82, 2.24) is 14.9 Å². The molecular weight excluding hydrogens is 419 g/mol. The molecule has 0 N–H and O–H groups in total. The maximum absolute atomic E-state index is 13.6. The number of carbonyl (C=O) groups excluding carboxylic acids is 1. The molecular formula is C26H29FN4O2. The van der Waals surface area contributed by atoms with Crippen LogP contribution in [0.2, 0.25) is 0 Å². The predicted octanol–water partition coefficient (Wildman–Crippen LogP) is 3.32. The number of Topliss-reactive ketones (excluding diaryl/α,β-unsaturated/α-hetero) is 1. The Balaban J connectivity index is 1.35. The van der Waals surface area contributed by atoms with Gasteiger partial charge >= 0.3 is 0 Å². The molecule has 1 aliphatic rings. The van der Waals surface area contributed by atoms with Gasteiger partial charge in [0, 0.05) is 56.8 Å². The molecule has 0 amide bonds. The monoisotopic (exact) mass is 448 g/mol. The minimum absolute atomic E-state index is 0.00448. The fourth-order valence-corrected chi connectivity index (χ4v) is 4.04. The van der Waals surface area contributed by atoms with E-state index in [0.717, 1.165) is 31.9 Å². The molecule has 0 spiro atoms. The number of hydrogen-bond donors (Lipinski definition) is 0. The minimum atomic E-state index is -0.439. The first-order valence-electron chi connectivity index (χ1n) is 11.2. The quantitative estimate of drug-likeness (QED) is 0.527.